The van der Waals surface area contributed by atoms with Gasteiger partial charge in [-0.15, -0.1) is 0 Å². The fourth-order valence-electron chi connectivity index (χ4n) is 3.61. The summed E-state index contributed by atoms with van der Waals surface area (Å²) in [6.45, 7) is 9.85. The van der Waals surface area contributed by atoms with E-state index in [-0.39, 0.29) is 0 Å². The molecule has 2 heteroatoms. The van der Waals surface area contributed by atoms with Crippen LogP contribution in [-0.2, 0) is 0 Å². The minimum absolute atomic E-state index is 0.642. The van der Waals surface area contributed by atoms with Crippen LogP contribution in [0, 0.1) is 22.7 Å². The van der Waals surface area contributed by atoms with Gasteiger partial charge in [-0.25, -0.2) is 0 Å². The molecule has 92 valence electrons. The third-order valence-corrected chi connectivity index (χ3v) is 5.46. The number of hydrogen-bond acceptors (Lipinski definition) is 2. The molecule has 2 nitrogen and oxygen atoms in total. The standard InChI is InChI=1S/C14H26N2/c1-13(2)7-11(13)9-16-10-12-8-14(12)3-5-15-6-4-14/h11-12,15-16H,3-10H2,1-2H3. The molecule has 1 heterocycles. The van der Waals surface area contributed by atoms with E-state index in [1.54, 1.807) is 0 Å². The van der Waals surface area contributed by atoms with Gasteiger partial charge in [-0.3, -0.25) is 0 Å². The maximum Gasteiger partial charge on any atom is -0.00149 e. The van der Waals surface area contributed by atoms with E-state index in [1.807, 2.05) is 0 Å². The fraction of sp³-hybridized carbons (Fsp3) is 1.00. The van der Waals surface area contributed by atoms with Gasteiger partial charge in [-0.1, -0.05) is 13.8 Å². The van der Waals surface area contributed by atoms with Crippen LogP contribution in [0.25, 0.3) is 0 Å². The SMILES string of the molecule is CC1(C)CC1CNCC1CC12CCNCC2. The zero-order chi connectivity index (χ0) is 11.2. The minimum atomic E-state index is 0.642. The Bertz CT molecular complexity index is 266. The molecule has 0 amide bonds. The number of nitrogens with one attached hydrogen (secondary N) is 2. The molecule has 1 aliphatic heterocycles. The lowest BCUT2D eigenvalue weighted by atomic mass is 9.92. The maximum absolute atomic E-state index is 3.72. The van der Waals surface area contributed by atoms with E-state index in [9.17, 15) is 0 Å². The van der Waals surface area contributed by atoms with Crippen molar-refractivity contribution in [3.63, 3.8) is 0 Å². The molecule has 0 radical (unpaired) electrons. The van der Waals surface area contributed by atoms with Gasteiger partial charge >= 0.3 is 0 Å². The van der Waals surface area contributed by atoms with E-state index in [1.165, 1.54) is 51.9 Å². The third kappa shape index (κ3) is 2.02. The molecule has 0 aromatic heterocycles. The molecule has 2 unspecified atom stereocenters. The Morgan fingerprint density at radius 2 is 1.69 bits per heavy atom. The van der Waals surface area contributed by atoms with E-state index < -0.39 is 0 Å². The molecule has 2 atom stereocenters. The Morgan fingerprint density at radius 1 is 1.06 bits per heavy atom. The second kappa shape index (κ2) is 3.71. The lowest BCUT2D eigenvalue weighted by Gasteiger charge is -2.23. The van der Waals surface area contributed by atoms with Gasteiger partial charge < -0.3 is 10.6 Å². The summed E-state index contributed by atoms with van der Waals surface area (Å²) in [4.78, 5) is 0. The maximum atomic E-state index is 3.72. The first-order valence-electron chi connectivity index (χ1n) is 7.04. The van der Waals surface area contributed by atoms with Crippen molar-refractivity contribution < 1.29 is 0 Å². The summed E-state index contributed by atoms with van der Waals surface area (Å²) in [7, 11) is 0. The summed E-state index contributed by atoms with van der Waals surface area (Å²) in [5.41, 5.74) is 1.40. The first-order chi connectivity index (χ1) is 7.62. The summed E-state index contributed by atoms with van der Waals surface area (Å²) in [6.07, 6.45) is 5.78. The van der Waals surface area contributed by atoms with Crippen LogP contribution in [0.2, 0.25) is 0 Å². The van der Waals surface area contributed by atoms with Crippen molar-refractivity contribution in [2.24, 2.45) is 22.7 Å². The monoisotopic (exact) mass is 222 g/mol. The molecule has 1 saturated heterocycles. The average molecular weight is 222 g/mol. The third-order valence-electron chi connectivity index (χ3n) is 5.46. The predicted molar refractivity (Wildman–Crippen MR) is 67.4 cm³/mol. The van der Waals surface area contributed by atoms with Gasteiger partial charge in [0.25, 0.3) is 0 Å². The van der Waals surface area contributed by atoms with E-state index in [0.29, 0.717) is 5.41 Å². The molecule has 3 aliphatic rings. The molecule has 1 spiro atoms. The smallest absolute Gasteiger partial charge is 0.00149 e. The molecule has 0 bridgehead atoms. The van der Waals surface area contributed by atoms with Crippen molar-refractivity contribution in [3.05, 3.63) is 0 Å². The van der Waals surface area contributed by atoms with E-state index in [0.717, 1.165) is 17.3 Å². The molecule has 2 N–H and O–H groups in total. The highest BCUT2D eigenvalue weighted by Crippen LogP contribution is 2.58. The van der Waals surface area contributed by atoms with Gasteiger partial charge in [0, 0.05) is 0 Å². The fourth-order valence-corrected chi connectivity index (χ4v) is 3.61. The highest BCUT2D eigenvalue weighted by atomic mass is 14.9. The molecule has 3 rings (SSSR count). The summed E-state index contributed by atoms with van der Waals surface area (Å²) in [5.74, 6) is 1.95. The van der Waals surface area contributed by atoms with Crippen LogP contribution in [0.3, 0.4) is 0 Å². The topological polar surface area (TPSA) is 24.1 Å². The van der Waals surface area contributed by atoms with Gasteiger partial charge in [0.2, 0.25) is 0 Å². The minimum Gasteiger partial charge on any atom is -0.317 e. The molecular formula is C14H26N2. The van der Waals surface area contributed by atoms with Gasteiger partial charge in [-0.05, 0) is 74.5 Å². The largest absolute Gasteiger partial charge is 0.317 e. The number of rotatable bonds is 4. The van der Waals surface area contributed by atoms with Crippen molar-refractivity contribution in [1.29, 1.82) is 0 Å². The number of piperidine rings is 1. The van der Waals surface area contributed by atoms with Gasteiger partial charge in [0.1, 0.15) is 0 Å². The Morgan fingerprint density at radius 3 is 2.31 bits per heavy atom. The molecule has 0 aromatic carbocycles. The summed E-state index contributed by atoms with van der Waals surface area (Å²) < 4.78 is 0. The lowest BCUT2D eigenvalue weighted by molar-refractivity contribution is 0.318. The summed E-state index contributed by atoms with van der Waals surface area (Å²) in [6, 6.07) is 0. The van der Waals surface area contributed by atoms with Crippen molar-refractivity contribution in [1.82, 2.24) is 10.6 Å². The van der Waals surface area contributed by atoms with E-state index in [4.69, 9.17) is 0 Å². The van der Waals surface area contributed by atoms with Crippen LogP contribution < -0.4 is 10.6 Å². The molecule has 3 fully saturated rings. The molecule has 0 aromatic rings. The Kier molecular flexibility index (Phi) is 2.56. The van der Waals surface area contributed by atoms with Crippen LogP contribution in [0.15, 0.2) is 0 Å². The van der Waals surface area contributed by atoms with Crippen molar-refractivity contribution in [2.75, 3.05) is 26.2 Å². The first-order valence-corrected chi connectivity index (χ1v) is 7.04. The van der Waals surface area contributed by atoms with E-state index >= 15 is 0 Å². The van der Waals surface area contributed by atoms with Gasteiger partial charge in [-0.2, -0.15) is 0 Å². The lowest BCUT2D eigenvalue weighted by Crippen LogP contribution is -2.31. The van der Waals surface area contributed by atoms with Crippen LogP contribution >= 0.6 is 0 Å². The summed E-state index contributed by atoms with van der Waals surface area (Å²) >= 11 is 0. The molecular weight excluding hydrogens is 196 g/mol. The Labute approximate surface area is 99.6 Å². The van der Waals surface area contributed by atoms with Crippen LogP contribution in [0.1, 0.15) is 39.5 Å². The normalized spacial score (nSPS) is 38.6. The molecule has 2 saturated carbocycles. The van der Waals surface area contributed by atoms with Crippen LogP contribution in [0.4, 0.5) is 0 Å². The Balaban J connectivity index is 1.35. The second-order valence-corrected chi connectivity index (χ2v) is 7.06. The van der Waals surface area contributed by atoms with Gasteiger partial charge in [0.15, 0.2) is 0 Å². The zero-order valence-electron chi connectivity index (χ0n) is 10.8. The average Bonchev–Trinajstić information content (AvgIpc) is 3.08. The van der Waals surface area contributed by atoms with Crippen LogP contribution in [-0.4, -0.2) is 26.2 Å². The summed E-state index contributed by atoms with van der Waals surface area (Å²) in [5, 5.41) is 7.19. The molecule has 2 aliphatic carbocycles. The quantitative estimate of drug-likeness (QED) is 0.760. The number of hydrogen-bond donors (Lipinski definition) is 2. The van der Waals surface area contributed by atoms with Crippen molar-refractivity contribution in [2.45, 2.75) is 39.5 Å². The highest BCUT2D eigenvalue weighted by Gasteiger charge is 2.53. The van der Waals surface area contributed by atoms with E-state index in [2.05, 4.69) is 24.5 Å². The van der Waals surface area contributed by atoms with Crippen LogP contribution in [0.5, 0.6) is 0 Å². The van der Waals surface area contributed by atoms with Crippen molar-refractivity contribution >= 4 is 0 Å². The van der Waals surface area contributed by atoms with Gasteiger partial charge in [0.05, 0.1) is 0 Å². The predicted octanol–water partition coefficient (Wildman–Crippen LogP) is 2.01. The second-order valence-electron chi connectivity index (χ2n) is 7.06. The highest BCUT2D eigenvalue weighted by molar-refractivity contribution is 5.05. The zero-order valence-corrected chi connectivity index (χ0v) is 10.8. The van der Waals surface area contributed by atoms with Crippen molar-refractivity contribution in [3.8, 4) is 0 Å². The Hall–Kier alpha value is -0.0800. The molecule has 16 heavy (non-hydrogen) atoms. The first kappa shape index (κ1) is 11.0.